The molecule has 0 bridgehead atoms. The van der Waals surface area contributed by atoms with Crippen molar-refractivity contribution in [3.05, 3.63) is 0 Å². The standard InChI is InChI=1S/C12H22N4O3/c17-11(18)10-8-16(9-10)12(19)14-2-1-5-15-6-3-13-4-7-15/h10,13H,1-9H2,(H,14,19)(H,17,18). The summed E-state index contributed by atoms with van der Waals surface area (Å²) in [6, 6.07) is -0.141. The first-order valence-corrected chi connectivity index (χ1v) is 6.85. The van der Waals surface area contributed by atoms with E-state index >= 15 is 0 Å². The number of likely N-dealkylation sites (tertiary alicyclic amines) is 1. The van der Waals surface area contributed by atoms with E-state index in [0.29, 0.717) is 19.6 Å². The predicted molar refractivity (Wildman–Crippen MR) is 70.0 cm³/mol. The molecule has 0 aromatic heterocycles. The predicted octanol–water partition coefficient (Wildman–Crippen LogP) is -0.992. The highest BCUT2D eigenvalue weighted by atomic mass is 16.4. The van der Waals surface area contributed by atoms with E-state index in [9.17, 15) is 9.59 Å². The summed E-state index contributed by atoms with van der Waals surface area (Å²) in [5.41, 5.74) is 0. The Morgan fingerprint density at radius 3 is 2.58 bits per heavy atom. The summed E-state index contributed by atoms with van der Waals surface area (Å²) in [6.07, 6.45) is 0.932. The normalized spacial score (nSPS) is 20.9. The van der Waals surface area contributed by atoms with Gasteiger partial charge in [-0.25, -0.2) is 4.79 Å². The molecule has 0 aromatic rings. The maximum atomic E-state index is 11.6. The minimum Gasteiger partial charge on any atom is -0.481 e. The van der Waals surface area contributed by atoms with Crippen LogP contribution in [-0.4, -0.2) is 79.3 Å². The first-order chi connectivity index (χ1) is 9.16. The van der Waals surface area contributed by atoms with Crippen molar-refractivity contribution < 1.29 is 14.7 Å². The van der Waals surface area contributed by atoms with Crippen LogP contribution in [-0.2, 0) is 4.79 Å². The van der Waals surface area contributed by atoms with E-state index in [0.717, 1.165) is 39.1 Å². The number of aliphatic carboxylic acids is 1. The molecule has 0 aromatic carbocycles. The maximum Gasteiger partial charge on any atom is 0.317 e. The van der Waals surface area contributed by atoms with Crippen LogP contribution in [0.5, 0.6) is 0 Å². The van der Waals surface area contributed by atoms with Gasteiger partial charge in [0.05, 0.1) is 5.92 Å². The van der Waals surface area contributed by atoms with Crippen molar-refractivity contribution in [3.63, 3.8) is 0 Å². The van der Waals surface area contributed by atoms with Gasteiger partial charge in [-0.3, -0.25) is 4.79 Å². The van der Waals surface area contributed by atoms with Gasteiger partial charge in [0.2, 0.25) is 0 Å². The molecule has 2 heterocycles. The van der Waals surface area contributed by atoms with Gasteiger partial charge in [0.15, 0.2) is 0 Å². The van der Waals surface area contributed by atoms with Gasteiger partial charge in [0.25, 0.3) is 0 Å². The number of urea groups is 1. The summed E-state index contributed by atoms with van der Waals surface area (Å²) in [6.45, 7) is 6.53. The number of hydrogen-bond donors (Lipinski definition) is 3. The van der Waals surface area contributed by atoms with Gasteiger partial charge in [-0.05, 0) is 13.0 Å². The summed E-state index contributed by atoms with van der Waals surface area (Å²) in [5.74, 6) is -1.20. The Labute approximate surface area is 112 Å². The number of carbonyl (C=O) groups is 2. The van der Waals surface area contributed by atoms with Gasteiger partial charge in [0, 0.05) is 45.8 Å². The van der Waals surface area contributed by atoms with Crippen LogP contribution in [0, 0.1) is 5.92 Å². The third-order valence-corrected chi connectivity index (χ3v) is 3.65. The number of hydrogen-bond acceptors (Lipinski definition) is 4. The molecule has 2 saturated heterocycles. The summed E-state index contributed by atoms with van der Waals surface area (Å²) in [7, 11) is 0. The van der Waals surface area contributed by atoms with E-state index in [1.807, 2.05) is 0 Å². The molecule has 7 heteroatoms. The topological polar surface area (TPSA) is 84.9 Å². The molecule has 7 nitrogen and oxygen atoms in total. The SMILES string of the molecule is O=C(O)C1CN(C(=O)NCCCN2CCNCC2)C1. The molecule has 0 spiro atoms. The number of piperazine rings is 1. The zero-order chi connectivity index (χ0) is 13.7. The Hall–Kier alpha value is -1.34. The highest BCUT2D eigenvalue weighted by Gasteiger charge is 2.35. The zero-order valence-corrected chi connectivity index (χ0v) is 11.1. The second-order valence-electron chi connectivity index (χ2n) is 5.12. The maximum absolute atomic E-state index is 11.6. The molecule has 2 aliphatic rings. The highest BCUT2D eigenvalue weighted by Crippen LogP contribution is 2.15. The quantitative estimate of drug-likeness (QED) is 0.559. The minimum absolute atomic E-state index is 0.141. The number of amides is 2. The van der Waals surface area contributed by atoms with Crippen molar-refractivity contribution in [1.29, 1.82) is 0 Å². The van der Waals surface area contributed by atoms with Crippen LogP contribution in [0.4, 0.5) is 4.79 Å². The molecule has 0 atom stereocenters. The third-order valence-electron chi connectivity index (χ3n) is 3.65. The van der Waals surface area contributed by atoms with Crippen LogP contribution in [0.1, 0.15) is 6.42 Å². The second kappa shape index (κ2) is 6.72. The van der Waals surface area contributed by atoms with Crippen LogP contribution in [0.3, 0.4) is 0 Å². The lowest BCUT2D eigenvalue weighted by atomic mass is 10.0. The summed E-state index contributed by atoms with van der Waals surface area (Å²) in [4.78, 5) is 26.2. The number of nitrogens with zero attached hydrogens (tertiary/aromatic N) is 2. The summed E-state index contributed by atoms with van der Waals surface area (Å²) >= 11 is 0. The largest absolute Gasteiger partial charge is 0.481 e. The third kappa shape index (κ3) is 4.07. The van der Waals surface area contributed by atoms with Crippen LogP contribution >= 0.6 is 0 Å². The van der Waals surface area contributed by atoms with Crippen LogP contribution < -0.4 is 10.6 Å². The van der Waals surface area contributed by atoms with Crippen molar-refractivity contribution in [1.82, 2.24) is 20.4 Å². The molecular weight excluding hydrogens is 248 g/mol. The smallest absolute Gasteiger partial charge is 0.317 e. The molecule has 2 aliphatic heterocycles. The van der Waals surface area contributed by atoms with E-state index in [1.165, 1.54) is 0 Å². The average Bonchev–Trinajstić information content (AvgIpc) is 2.33. The molecule has 0 saturated carbocycles. The van der Waals surface area contributed by atoms with E-state index in [2.05, 4.69) is 15.5 Å². The van der Waals surface area contributed by atoms with Gasteiger partial charge >= 0.3 is 12.0 Å². The first-order valence-electron chi connectivity index (χ1n) is 6.85. The van der Waals surface area contributed by atoms with Gasteiger partial charge < -0.3 is 25.5 Å². The van der Waals surface area contributed by atoms with E-state index in [4.69, 9.17) is 5.11 Å². The molecule has 19 heavy (non-hydrogen) atoms. The Morgan fingerprint density at radius 1 is 1.26 bits per heavy atom. The van der Waals surface area contributed by atoms with Crippen LogP contribution in [0.15, 0.2) is 0 Å². The fraction of sp³-hybridized carbons (Fsp3) is 0.833. The second-order valence-corrected chi connectivity index (χ2v) is 5.12. The van der Waals surface area contributed by atoms with Gasteiger partial charge in [-0.2, -0.15) is 0 Å². The fourth-order valence-electron chi connectivity index (χ4n) is 2.35. The molecule has 3 N–H and O–H groups in total. The fourth-order valence-corrected chi connectivity index (χ4v) is 2.35. The zero-order valence-electron chi connectivity index (χ0n) is 11.1. The van der Waals surface area contributed by atoms with Crippen molar-refractivity contribution in [3.8, 4) is 0 Å². The molecule has 0 radical (unpaired) electrons. The van der Waals surface area contributed by atoms with Crippen LogP contribution in [0.2, 0.25) is 0 Å². The summed E-state index contributed by atoms with van der Waals surface area (Å²) in [5, 5.41) is 14.9. The Bertz CT molecular complexity index is 325. The van der Waals surface area contributed by atoms with Gasteiger partial charge in [0.1, 0.15) is 0 Å². The number of carboxylic acids is 1. The Morgan fingerprint density at radius 2 is 1.95 bits per heavy atom. The lowest BCUT2D eigenvalue weighted by Crippen LogP contribution is -2.56. The van der Waals surface area contributed by atoms with Gasteiger partial charge in [-0.1, -0.05) is 0 Å². The van der Waals surface area contributed by atoms with E-state index < -0.39 is 5.97 Å². The number of nitrogens with one attached hydrogen (secondary N) is 2. The molecule has 2 rings (SSSR count). The van der Waals surface area contributed by atoms with Crippen molar-refractivity contribution >= 4 is 12.0 Å². The monoisotopic (exact) mass is 270 g/mol. The molecular formula is C12H22N4O3. The number of carboxylic acid groups (broad SMARTS) is 1. The highest BCUT2D eigenvalue weighted by molar-refractivity contribution is 5.79. The summed E-state index contributed by atoms with van der Waals surface area (Å²) < 4.78 is 0. The van der Waals surface area contributed by atoms with Crippen molar-refractivity contribution in [2.75, 3.05) is 52.4 Å². The minimum atomic E-state index is -0.817. The van der Waals surface area contributed by atoms with E-state index in [-0.39, 0.29) is 11.9 Å². The van der Waals surface area contributed by atoms with Crippen molar-refractivity contribution in [2.24, 2.45) is 5.92 Å². The van der Waals surface area contributed by atoms with Gasteiger partial charge in [-0.15, -0.1) is 0 Å². The van der Waals surface area contributed by atoms with E-state index in [1.54, 1.807) is 4.90 Å². The van der Waals surface area contributed by atoms with Crippen LogP contribution in [0.25, 0.3) is 0 Å². The lowest BCUT2D eigenvalue weighted by molar-refractivity contribution is -0.146. The molecule has 2 amide bonds. The molecule has 0 aliphatic carbocycles. The lowest BCUT2D eigenvalue weighted by Gasteiger charge is -2.36. The first kappa shape index (κ1) is 14.1. The molecule has 2 fully saturated rings. The average molecular weight is 270 g/mol. The van der Waals surface area contributed by atoms with Crippen molar-refractivity contribution in [2.45, 2.75) is 6.42 Å². The molecule has 108 valence electrons. The number of carbonyl (C=O) groups excluding carboxylic acids is 1. The Balaban J connectivity index is 1.51. The number of rotatable bonds is 5. The molecule has 0 unspecified atom stereocenters. The Kier molecular flexibility index (Phi) is 4.98.